The van der Waals surface area contributed by atoms with Crippen LogP contribution in [0.15, 0.2) is 203 Å². The summed E-state index contributed by atoms with van der Waals surface area (Å²) in [6.45, 7) is 26.9. The Bertz CT molecular complexity index is 6660. The Hall–Kier alpha value is -14.9. The number of sulfonamides is 2. The molecule has 141 heavy (non-hydrogen) atoms. The van der Waals surface area contributed by atoms with Crippen molar-refractivity contribution in [2.24, 2.45) is 0 Å². The average molecular weight is 2030 g/mol. The Morgan fingerprint density at radius 1 is 0.496 bits per heavy atom. The number of carboxylic acids is 1. The normalized spacial score (nSPS) is 12.9. The smallest absolute Gasteiger partial charge is 0.420 e. The number of hydrogen-bond donors (Lipinski definition) is 14. The highest BCUT2D eigenvalue weighted by Gasteiger charge is 2.31. The number of pyridine rings is 4. The van der Waals surface area contributed by atoms with Gasteiger partial charge in [-0.1, -0.05) is 62.3 Å². The van der Waals surface area contributed by atoms with Crippen LogP contribution in [0.3, 0.4) is 0 Å². The maximum absolute atomic E-state index is 13.4. The topological polar surface area (TPSA) is 559 Å². The van der Waals surface area contributed by atoms with Crippen molar-refractivity contribution in [3.8, 4) is 46.0 Å². The fraction of sp³-hybridized carbons (Fsp3) is 0.302. The van der Waals surface area contributed by atoms with Gasteiger partial charge in [-0.25, -0.2) is 50.3 Å². The first-order valence-corrected chi connectivity index (χ1v) is 49.6. The molecule has 2 aliphatic rings. The van der Waals surface area contributed by atoms with Gasteiger partial charge in [0, 0.05) is 167 Å². The summed E-state index contributed by atoms with van der Waals surface area (Å²) in [7, 11) is -0.198. The third-order valence-corrected chi connectivity index (χ3v) is 26.6. The largest absolute Gasteiger partial charge is 0.478 e. The molecule has 45 heteroatoms. The molecule has 0 saturated carbocycles. The van der Waals surface area contributed by atoms with Crippen LogP contribution in [0.1, 0.15) is 160 Å². The number of carbonyl (C=O) groups is 9. The van der Waals surface area contributed by atoms with Crippen LogP contribution in [0.25, 0.3) is 10.2 Å². The van der Waals surface area contributed by atoms with Gasteiger partial charge in [0.05, 0.1) is 28.0 Å². The maximum Gasteiger partial charge on any atom is 0.420 e. The van der Waals surface area contributed by atoms with E-state index in [9.17, 15) is 69.9 Å². The molecule has 10 heterocycles. The lowest BCUT2D eigenvalue weighted by Crippen LogP contribution is -2.35. The number of benzene rings is 4. The summed E-state index contributed by atoms with van der Waals surface area (Å²) in [6.07, 6.45) is 6.78. The van der Waals surface area contributed by atoms with Crippen LogP contribution in [0.2, 0.25) is 0 Å². The molecule has 0 bridgehead atoms. The quantitative estimate of drug-likeness (QED) is 0.0235. The third-order valence-electron chi connectivity index (χ3n) is 19.4. The zero-order chi connectivity index (χ0) is 104. The molecule has 2 fully saturated rings. The standard InChI is InChI=1S/C27H32N6O6S2.C25H28N4O5S.C15H17N3O2.C13H13N3O2.C10H11NO3S.C4H10N2O2S.C2H4O/c1-27(2,3)22-16-20(25(35)33-12-11-30-41(37,38)14-13-33)24(40-22)32-26(36)31-17-5-7-18(8-6-17)39-19-9-10-29-21(15-19)23(34)28-4;1-6-29(24(33)28-22-18(23(31)32)14-20(35-22)25(2,3)4)15-7-9-16(10-8-15)34-17-11-12-27-19(13-17)21(30)26-5;1-3-17-11-4-6-12(7-5-11)20-13-8-9-18-14(10-13)15(19)16-2;1-15-13(17)12-8-11(6-7-16-12)18-10-4-2-9(14)3-5-10;1-10(2,3)6-4-5-7(15-6)11-9(13)14-8(5)12;7-9(8)4-3-5-1-2-6-9;1-2-3/h5-10,15-16,30H,11-14H2,1-4H3,(H,28,34)(H2,31,32,36);7-14H,6H2,1-5H3,(H,26,30)(H,28,33)(H,31,32);4-10,17H,3H2,1-2H3,(H,16,19);2-8H,14H2,1H3,(H,15,17);4H,1-3H3,(H,11,13);5-6H,1-4H2;2H,1H3. The molecule has 14 rings (SSSR count). The monoisotopic (exact) mass is 2030 g/mol. The number of aldehydes is 1. The van der Waals surface area contributed by atoms with Crippen LogP contribution in [0.5, 0.6) is 46.0 Å². The van der Waals surface area contributed by atoms with Gasteiger partial charge < -0.3 is 81.1 Å². The van der Waals surface area contributed by atoms with Gasteiger partial charge in [-0.3, -0.25) is 64.4 Å². The SMILES string of the molecule is CC(C)(C)c1cc2c(=O)oc(=O)[nH]c2s1.CC=O.CCN(C(=O)Nc1sc(C(C)(C)C)cc1C(=O)O)c1ccc(Oc2ccnc(C(=O)NC)c2)cc1.CCNc1ccc(Oc2ccnc(C(=O)NC)c2)cc1.CNC(=O)c1cc(Oc2ccc(N)cc2)ccn1.CNC(=O)c1cc(Oc2ccc(NC(=O)Nc3sc(C(C)(C)C)cc3C(=O)N3CCNS(=O)(=O)CC3)cc2)ccn1.O=S1(=O)CCNCCN1. The molecule has 8 aromatic heterocycles. The number of anilines is 6. The number of aromatic nitrogens is 5. The minimum absolute atomic E-state index is 0.0347. The van der Waals surface area contributed by atoms with E-state index >= 15 is 0 Å². The number of nitrogens with two attached hydrogens (primary N) is 1. The molecule has 0 aliphatic carbocycles. The number of carboxylic acid groups (broad SMARTS) is 1. The molecule has 40 nitrogen and oxygen atoms in total. The van der Waals surface area contributed by atoms with Crippen LogP contribution in [0, 0.1) is 0 Å². The molecule has 750 valence electrons. The molecule has 0 unspecified atom stereocenters. The molecular formula is C96H115N19O21S5. The predicted molar refractivity (Wildman–Crippen MR) is 547 cm³/mol. The van der Waals surface area contributed by atoms with E-state index in [1.807, 2.05) is 79.7 Å². The van der Waals surface area contributed by atoms with Crippen LogP contribution >= 0.6 is 34.0 Å². The third kappa shape index (κ3) is 35.2. The van der Waals surface area contributed by atoms with Crippen LogP contribution in [-0.4, -0.2) is 198 Å². The van der Waals surface area contributed by atoms with E-state index in [1.165, 1.54) is 95.6 Å². The van der Waals surface area contributed by atoms with Gasteiger partial charge in [0.1, 0.15) is 89.9 Å². The molecule has 9 amide bonds. The van der Waals surface area contributed by atoms with Gasteiger partial charge in [-0.2, -0.15) is 0 Å². The number of rotatable bonds is 21. The summed E-state index contributed by atoms with van der Waals surface area (Å²) in [5.74, 6) is 1.11. The van der Waals surface area contributed by atoms with Crippen molar-refractivity contribution in [2.75, 3.05) is 124 Å². The number of nitrogens with zero attached hydrogens (tertiary/aromatic N) is 6. The lowest BCUT2D eigenvalue weighted by Gasteiger charge is -2.21. The number of nitrogens with one attached hydrogen (secondary N) is 12. The number of amides is 9. The number of H-pyrrole nitrogens is 1. The number of hydrogen-bond acceptors (Lipinski definition) is 30. The zero-order valence-corrected chi connectivity index (χ0v) is 84.5. The molecule has 0 spiro atoms. The lowest BCUT2D eigenvalue weighted by atomic mass is 9.94. The summed E-state index contributed by atoms with van der Waals surface area (Å²) in [4.78, 5) is 154. The number of aromatic carboxylic acids is 1. The second-order valence-electron chi connectivity index (χ2n) is 33.2. The van der Waals surface area contributed by atoms with E-state index in [0.717, 1.165) is 39.7 Å². The van der Waals surface area contributed by atoms with Crippen molar-refractivity contribution in [3.05, 3.63) is 258 Å². The van der Waals surface area contributed by atoms with Gasteiger partial charge in [0.15, 0.2) is 0 Å². The molecule has 0 radical (unpaired) electrons. The van der Waals surface area contributed by atoms with Crippen LogP contribution < -0.4 is 98.3 Å². The van der Waals surface area contributed by atoms with E-state index in [1.54, 1.807) is 148 Å². The molecule has 2 aliphatic heterocycles. The van der Waals surface area contributed by atoms with Gasteiger partial charge >= 0.3 is 29.4 Å². The molecule has 2 saturated heterocycles. The van der Waals surface area contributed by atoms with Crippen LogP contribution in [0.4, 0.5) is 42.3 Å². The summed E-state index contributed by atoms with van der Waals surface area (Å²) < 4.78 is 77.5. The van der Waals surface area contributed by atoms with Crippen molar-refractivity contribution >= 4 is 151 Å². The van der Waals surface area contributed by atoms with E-state index < -0.39 is 49.5 Å². The minimum Gasteiger partial charge on any atom is -0.478 e. The number of carbonyl (C=O) groups excluding carboxylic acids is 8. The molecule has 12 aromatic rings. The number of fused-ring (bicyclic) bond motifs is 1. The lowest BCUT2D eigenvalue weighted by molar-refractivity contribution is -0.106. The summed E-state index contributed by atoms with van der Waals surface area (Å²) in [5, 5.41) is 35.2. The fourth-order valence-corrected chi connectivity index (χ4v) is 17.4. The van der Waals surface area contributed by atoms with Gasteiger partial charge in [0.25, 0.3) is 29.5 Å². The molecule has 0 atom stereocenters. The first kappa shape index (κ1) is 111. The van der Waals surface area contributed by atoms with Crippen molar-refractivity contribution in [1.82, 2.24) is 65.8 Å². The molecular weight excluding hydrogens is 1920 g/mol. The van der Waals surface area contributed by atoms with E-state index in [4.69, 9.17) is 29.5 Å². The number of aromatic amines is 1. The van der Waals surface area contributed by atoms with Gasteiger partial charge in [-0.15, -0.1) is 34.0 Å². The van der Waals surface area contributed by atoms with E-state index in [-0.39, 0.29) is 93.9 Å². The maximum atomic E-state index is 13.4. The van der Waals surface area contributed by atoms with Gasteiger partial charge in [0.2, 0.25) is 20.0 Å². The Labute approximate surface area is 827 Å². The molecule has 4 aromatic carbocycles. The van der Waals surface area contributed by atoms with Crippen LogP contribution in [-0.2, 0) is 41.1 Å². The van der Waals surface area contributed by atoms with Crippen molar-refractivity contribution in [1.29, 1.82) is 0 Å². The highest BCUT2D eigenvalue weighted by atomic mass is 32.2. The molecule has 15 N–H and O–H groups in total. The number of urea groups is 2. The summed E-state index contributed by atoms with van der Waals surface area (Å²) in [5.41, 5.74) is 8.75. The fourth-order valence-electron chi connectivity index (χ4n) is 12.1. The highest BCUT2D eigenvalue weighted by Crippen LogP contribution is 2.40. The van der Waals surface area contributed by atoms with E-state index in [0.29, 0.717) is 120 Å². The first-order chi connectivity index (χ1) is 66.8. The van der Waals surface area contributed by atoms with Crippen molar-refractivity contribution < 1.29 is 88.5 Å². The number of thiophene rings is 3. The predicted octanol–water partition coefficient (Wildman–Crippen LogP) is 14.0. The first-order valence-electron chi connectivity index (χ1n) is 43.8. The van der Waals surface area contributed by atoms with Gasteiger partial charge in [-0.05, 0) is 177 Å². The number of nitrogen functional groups attached to an aromatic ring is 1. The minimum atomic E-state index is -3.43. The second-order valence-corrected chi connectivity index (χ2v) is 40.3. The van der Waals surface area contributed by atoms with Crippen molar-refractivity contribution in [2.45, 2.75) is 99.3 Å². The Morgan fingerprint density at radius 3 is 1.31 bits per heavy atom. The zero-order valence-electron chi connectivity index (χ0n) is 80.5. The summed E-state index contributed by atoms with van der Waals surface area (Å²) >= 11 is 3.98. The van der Waals surface area contributed by atoms with Crippen molar-refractivity contribution in [3.63, 3.8) is 0 Å². The average Bonchev–Trinajstić information content (AvgIpc) is 1.66. The Kier molecular flexibility index (Phi) is 41.3. The second kappa shape index (κ2) is 52.2. The number of ether oxygens (including phenoxy) is 4. The summed E-state index contributed by atoms with van der Waals surface area (Å²) in [6, 6.07) is 45.2. The Morgan fingerprint density at radius 2 is 0.894 bits per heavy atom. The highest BCUT2D eigenvalue weighted by molar-refractivity contribution is 7.89. The van der Waals surface area contributed by atoms with E-state index in [2.05, 4.69) is 107 Å². The Balaban J connectivity index is 0.000000218.